The van der Waals surface area contributed by atoms with Gasteiger partial charge in [-0.15, -0.1) is 0 Å². The van der Waals surface area contributed by atoms with E-state index in [4.69, 9.17) is 5.10 Å². The zero-order chi connectivity index (χ0) is 13.4. The second-order valence-electron chi connectivity index (χ2n) is 4.86. The zero-order valence-electron chi connectivity index (χ0n) is 11.6. The van der Waals surface area contributed by atoms with Gasteiger partial charge in [0.05, 0.1) is 23.4 Å². The van der Waals surface area contributed by atoms with Crippen LogP contribution >= 0.6 is 0 Å². The van der Waals surface area contributed by atoms with Gasteiger partial charge in [0.1, 0.15) is 0 Å². The summed E-state index contributed by atoms with van der Waals surface area (Å²) >= 11 is 0. The monoisotopic (exact) mass is 254 g/mol. The van der Waals surface area contributed by atoms with Gasteiger partial charge >= 0.3 is 0 Å². The normalized spacial score (nSPS) is 11.3. The molecule has 0 atom stereocenters. The Hall–Kier alpha value is -2.10. The highest BCUT2D eigenvalue weighted by Gasteiger charge is 2.11. The van der Waals surface area contributed by atoms with Gasteiger partial charge in [-0.1, -0.05) is 18.2 Å². The number of fused-ring (bicyclic) bond motifs is 1. The van der Waals surface area contributed by atoms with Crippen molar-refractivity contribution in [2.75, 3.05) is 0 Å². The molecule has 2 aromatic heterocycles. The number of aromatic nitrogens is 4. The van der Waals surface area contributed by atoms with Crippen LogP contribution in [-0.2, 0) is 13.1 Å². The second kappa shape index (κ2) is 4.53. The van der Waals surface area contributed by atoms with E-state index in [-0.39, 0.29) is 0 Å². The topological polar surface area (TPSA) is 35.6 Å². The maximum absolute atomic E-state index is 4.71. The van der Waals surface area contributed by atoms with Gasteiger partial charge < -0.3 is 0 Å². The first-order valence-corrected chi connectivity index (χ1v) is 6.64. The minimum Gasteiger partial charge on any atom is -0.265 e. The molecule has 0 aliphatic rings. The fraction of sp³-hybridized carbons (Fsp3) is 0.333. The molecule has 0 N–H and O–H groups in total. The van der Waals surface area contributed by atoms with E-state index in [9.17, 15) is 0 Å². The molecule has 2 heterocycles. The molecule has 4 heteroatoms. The standard InChI is InChI=1S/C15H18N4/c1-4-18-15-8-6-5-7-13(15)14(17-18)10-19-12(3)9-11(2)16-19/h5-9H,4,10H2,1-3H3. The molecule has 0 radical (unpaired) electrons. The third kappa shape index (κ3) is 2.03. The van der Waals surface area contributed by atoms with E-state index < -0.39 is 0 Å². The summed E-state index contributed by atoms with van der Waals surface area (Å²) in [5, 5.41) is 10.4. The fourth-order valence-electron chi connectivity index (χ4n) is 2.53. The average Bonchev–Trinajstić information content (AvgIpc) is 2.91. The van der Waals surface area contributed by atoms with E-state index in [1.54, 1.807) is 0 Å². The Morgan fingerprint density at radius 2 is 1.84 bits per heavy atom. The molecule has 0 unspecified atom stereocenters. The second-order valence-corrected chi connectivity index (χ2v) is 4.86. The molecule has 98 valence electrons. The van der Waals surface area contributed by atoms with Crippen LogP contribution in [0.15, 0.2) is 30.3 Å². The Morgan fingerprint density at radius 1 is 1.05 bits per heavy atom. The maximum Gasteiger partial charge on any atom is 0.0918 e. The molecule has 0 saturated carbocycles. The largest absolute Gasteiger partial charge is 0.265 e. The van der Waals surface area contributed by atoms with E-state index in [0.717, 1.165) is 24.5 Å². The number of hydrogen-bond acceptors (Lipinski definition) is 2. The van der Waals surface area contributed by atoms with Gasteiger partial charge in [-0.3, -0.25) is 9.36 Å². The Bertz CT molecular complexity index is 721. The Kier molecular flexibility index (Phi) is 2.85. The van der Waals surface area contributed by atoms with Crippen molar-refractivity contribution in [3.8, 4) is 0 Å². The molecule has 3 aromatic rings. The first kappa shape index (κ1) is 12.0. The lowest BCUT2D eigenvalue weighted by Crippen LogP contribution is -2.05. The Morgan fingerprint density at radius 3 is 2.53 bits per heavy atom. The first-order chi connectivity index (χ1) is 9.19. The molecular formula is C15H18N4. The van der Waals surface area contributed by atoms with Crippen LogP contribution in [-0.4, -0.2) is 19.6 Å². The van der Waals surface area contributed by atoms with Crippen LogP contribution in [0.4, 0.5) is 0 Å². The van der Waals surface area contributed by atoms with E-state index >= 15 is 0 Å². The van der Waals surface area contributed by atoms with E-state index in [1.165, 1.54) is 16.6 Å². The summed E-state index contributed by atoms with van der Waals surface area (Å²) in [6.45, 7) is 7.84. The van der Waals surface area contributed by atoms with Gasteiger partial charge in [0.15, 0.2) is 0 Å². The summed E-state index contributed by atoms with van der Waals surface area (Å²) in [5.41, 5.74) is 4.51. The number of hydrogen-bond donors (Lipinski definition) is 0. The van der Waals surface area contributed by atoms with E-state index in [2.05, 4.69) is 54.0 Å². The van der Waals surface area contributed by atoms with Crippen LogP contribution < -0.4 is 0 Å². The highest BCUT2D eigenvalue weighted by atomic mass is 15.3. The molecule has 3 rings (SSSR count). The van der Waals surface area contributed by atoms with Crippen molar-refractivity contribution in [1.82, 2.24) is 19.6 Å². The van der Waals surface area contributed by atoms with Gasteiger partial charge in [-0.25, -0.2) is 0 Å². The minimum absolute atomic E-state index is 0.729. The molecule has 1 aromatic carbocycles. The molecule has 0 aliphatic heterocycles. The molecule has 19 heavy (non-hydrogen) atoms. The predicted octanol–water partition coefficient (Wildman–Crippen LogP) is 2.92. The predicted molar refractivity (Wildman–Crippen MR) is 76.2 cm³/mol. The van der Waals surface area contributed by atoms with Gasteiger partial charge in [-0.2, -0.15) is 10.2 Å². The van der Waals surface area contributed by atoms with Gasteiger partial charge in [0.2, 0.25) is 0 Å². The van der Waals surface area contributed by atoms with Crippen LogP contribution in [0, 0.1) is 13.8 Å². The molecule has 4 nitrogen and oxygen atoms in total. The fourth-order valence-corrected chi connectivity index (χ4v) is 2.53. The zero-order valence-corrected chi connectivity index (χ0v) is 11.6. The molecule has 0 fully saturated rings. The lowest BCUT2D eigenvalue weighted by molar-refractivity contribution is 0.615. The number of aryl methyl sites for hydroxylation is 3. The van der Waals surface area contributed by atoms with Crippen molar-refractivity contribution in [1.29, 1.82) is 0 Å². The van der Waals surface area contributed by atoms with Crippen molar-refractivity contribution in [2.45, 2.75) is 33.9 Å². The molecule has 0 saturated heterocycles. The van der Waals surface area contributed by atoms with Crippen molar-refractivity contribution >= 4 is 10.9 Å². The van der Waals surface area contributed by atoms with Crippen molar-refractivity contribution in [3.05, 3.63) is 47.4 Å². The van der Waals surface area contributed by atoms with Gasteiger partial charge in [0, 0.05) is 17.6 Å². The highest BCUT2D eigenvalue weighted by Crippen LogP contribution is 2.19. The third-order valence-electron chi connectivity index (χ3n) is 3.44. The first-order valence-electron chi connectivity index (χ1n) is 6.64. The number of para-hydroxylation sites is 1. The van der Waals surface area contributed by atoms with Crippen LogP contribution in [0.25, 0.3) is 10.9 Å². The van der Waals surface area contributed by atoms with E-state index in [1.807, 2.05) is 11.6 Å². The Balaban J connectivity index is 2.08. The summed E-state index contributed by atoms with van der Waals surface area (Å²) in [7, 11) is 0. The van der Waals surface area contributed by atoms with Gasteiger partial charge in [0.25, 0.3) is 0 Å². The van der Waals surface area contributed by atoms with E-state index in [0.29, 0.717) is 0 Å². The molecule has 0 spiro atoms. The molecule has 0 bridgehead atoms. The lowest BCUT2D eigenvalue weighted by atomic mass is 10.2. The van der Waals surface area contributed by atoms with Gasteiger partial charge in [-0.05, 0) is 32.9 Å². The van der Waals surface area contributed by atoms with Crippen LogP contribution in [0.2, 0.25) is 0 Å². The summed E-state index contributed by atoms with van der Waals surface area (Å²) in [6.07, 6.45) is 0. The Labute approximate surface area is 112 Å². The quantitative estimate of drug-likeness (QED) is 0.720. The van der Waals surface area contributed by atoms with Crippen molar-refractivity contribution < 1.29 is 0 Å². The minimum atomic E-state index is 0.729. The molecular weight excluding hydrogens is 236 g/mol. The van der Waals surface area contributed by atoms with Crippen LogP contribution in [0.3, 0.4) is 0 Å². The number of benzene rings is 1. The third-order valence-corrected chi connectivity index (χ3v) is 3.44. The average molecular weight is 254 g/mol. The van der Waals surface area contributed by atoms with Crippen LogP contribution in [0.1, 0.15) is 24.0 Å². The lowest BCUT2D eigenvalue weighted by Gasteiger charge is -2.01. The molecule has 0 aliphatic carbocycles. The molecule has 0 amide bonds. The summed E-state index contributed by atoms with van der Waals surface area (Å²) in [6, 6.07) is 10.5. The van der Waals surface area contributed by atoms with Crippen LogP contribution in [0.5, 0.6) is 0 Å². The smallest absolute Gasteiger partial charge is 0.0918 e. The number of rotatable bonds is 3. The number of nitrogens with zero attached hydrogens (tertiary/aromatic N) is 4. The summed E-state index contributed by atoms with van der Waals surface area (Å²) in [5.74, 6) is 0. The highest BCUT2D eigenvalue weighted by molar-refractivity contribution is 5.81. The summed E-state index contributed by atoms with van der Waals surface area (Å²) < 4.78 is 4.07. The van der Waals surface area contributed by atoms with Crippen molar-refractivity contribution in [2.24, 2.45) is 0 Å². The summed E-state index contributed by atoms with van der Waals surface area (Å²) in [4.78, 5) is 0. The maximum atomic E-state index is 4.71. The SMILES string of the molecule is CCn1nc(Cn2nc(C)cc2C)c2ccccc21. The van der Waals surface area contributed by atoms with Crippen molar-refractivity contribution in [3.63, 3.8) is 0 Å².